The van der Waals surface area contributed by atoms with Crippen LogP contribution in [0.3, 0.4) is 0 Å². The Morgan fingerprint density at radius 2 is 1.85 bits per heavy atom. The SMILES string of the molecule is COc1cc(C2c3c(-c4cc(Cl)c(C)cc4O)n[nH]c3C(=O)N2Cc2ccccc2)ccc1O. The second-order valence-corrected chi connectivity index (χ2v) is 8.64. The summed E-state index contributed by atoms with van der Waals surface area (Å²) in [5, 5.41) is 28.6. The quantitative estimate of drug-likeness (QED) is 0.368. The van der Waals surface area contributed by atoms with E-state index in [0.717, 1.165) is 16.7 Å². The number of hydrogen-bond donors (Lipinski definition) is 3. The summed E-state index contributed by atoms with van der Waals surface area (Å²) in [5.74, 6) is 0.102. The molecule has 0 fully saturated rings. The number of aromatic nitrogens is 2. The molecular weight excluding hydrogens is 454 g/mol. The number of aromatic amines is 1. The van der Waals surface area contributed by atoms with E-state index in [1.165, 1.54) is 13.2 Å². The molecule has 0 saturated heterocycles. The number of fused-ring (bicyclic) bond motifs is 1. The standard InChI is InChI=1S/C26H22ClN3O4/c1-14-10-20(32)17(12-18(14)27)23-22-24(29-28-23)26(33)30(13-15-6-4-3-5-7-15)25(22)16-8-9-19(31)21(11-16)34-2/h3-12,25,31-32H,13H2,1-2H3,(H,28,29). The molecule has 0 spiro atoms. The molecule has 1 aliphatic rings. The molecule has 1 aliphatic heterocycles. The third-order valence-corrected chi connectivity index (χ3v) is 6.52. The van der Waals surface area contributed by atoms with Crippen molar-refractivity contribution in [3.8, 4) is 28.5 Å². The van der Waals surface area contributed by atoms with Crippen LogP contribution in [-0.2, 0) is 6.54 Å². The Morgan fingerprint density at radius 3 is 2.59 bits per heavy atom. The smallest absolute Gasteiger partial charge is 0.273 e. The number of aromatic hydroxyl groups is 2. The highest BCUT2D eigenvalue weighted by atomic mass is 35.5. The fourth-order valence-corrected chi connectivity index (χ4v) is 4.58. The lowest BCUT2D eigenvalue weighted by Gasteiger charge is -2.27. The highest BCUT2D eigenvalue weighted by molar-refractivity contribution is 6.31. The van der Waals surface area contributed by atoms with E-state index in [1.807, 2.05) is 30.3 Å². The van der Waals surface area contributed by atoms with Crippen molar-refractivity contribution in [1.29, 1.82) is 0 Å². The van der Waals surface area contributed by atoms with Gasteiger partial charge in [-0.05, 0) is 47.9 Å². The van der Waals surface area contributed by atoms with Crippen LogP contribution in [0.25, 0.3) is 11.3 Å². The third kappa shape index (κ3) is 3.54. The molecule has 7 nitrogen and oxygen atoms in total. The molecule has 1 atom stereocenters. The van der Waals surface area contributed by atoms with Crippen LogP contribution >= 0.6 is 11.6 Å². The number of aryl methyl sites for hydroxylation is 1. The van der Waals surface area contributed by atoms with Crippen LogP contribution in [0, 0.1) is 6.92 Å². The number of rotatable bonds is 5. The monoisotopic (exact) mass is 475 g/mol. The molecular formula is C26H22ClN3O4. The summed E-state index contributed by atoms with van der Waals surface area (Å²) in [5.41, 5.74) is 4.28. The number of carbonyl (C=O) groups is 1. The first-order valence-electron chi connectivity index (χ1n) is 10.7. The van der Waals surface area contributed by atoms with Gasteiger partial charge in [-0.25, -0.2) is 0 Å². The Morgan fingerprint density at radius 1 is 1.09 bits per heavy atom. The van der Waals surface area contributed by atoms with E-state index in [4.69, 9.17) is 16.3 Å². The van der Waals surface area contributed by atoms with E-state index in [1.54, 1.807) is 36.1 Å². The van der Waals surface area contributed by atoms with Crippen LogP contribution in [0.4, 0.5) is 0 Å². The summed E-state index contributed by atoms with van der Waals surface area (Å²) in [4.78, 5) is 15.3. The molecule has 172 valence electrons. The first kappa shape index (κ1) is 21.9. The maximum atomic E-state index is 13.5. The van der Waals surface area contributed by atoms with Crippen molar-refractivity contribution in [3.63, 3.8) is 0 Å². The Labute approximate surface area is 201 Å². The van der Waals surface area contributed by atoms with Crippen LogP contribution in [0.5, 0.6) is 17.2 Å². The molecule has 1 aromatic heterocycles. The van der Waals surface area contributed by atoms with Gasteiger partial charge in [-0.1, -0.05) is 48.0 Å². The largest absolute Gasteiger partial charge is 0.507 e. The fraction of sp³-hybridized carbons (Fsp3) is 0.154. The number of benzene rings is 3. The molecule has 2 heterocycles. The number of halogens is 1. The zero-order valence-electron chi connectivity index (χ0n) is 18.5. The highest BCUT2D eigenvalue weighted by Gasteiger charge is 2.42. The first-order chi connectivity index (χ1) is 16.4. The van der Waals surface area contributed by atoms with Crippen LogP contribution in [0.1, 0.15) is 38.8 Å². The van der Waals surface area contributed by atoms with Crippen LogP contribution in [0.15, 0.2) is 60.7 Å². The number of amides is 1. The molecule has 8 heteroatoms. The summed E-state index contributed by atoms with van der Waals surface area (Å²) in [6.45, 7) is 2.16. The number of nitrogens with one attached hydrogen (secondary N) is 1. The maximum absolute atomic E-state index is 13.5. The number of H-pyrrole nitrogens is 1. The molecule has 5 rings (SSSR count). The molecule has 1 amide bonds. The number of hydrogen-bond acceptors (Lipinski definition) is 5. The maximum Gasteiger partial charge on any atom is 0.273 e. The van der Waals surface area contributed by atoms with E-state index >= 15 is 0 Å². The zero-order valence-corrected chi connectivity index (χ0v) is 19.3. The average Bonchev–Trinajstić information content (AvgIpc) is 3.37. The van der Waals surface area contributed by atoms with Gasteiger partial charge in [0.1, 0.15) is 17.1 Å². The summed E-state index contributed by atoms with van der Waals surface area (Å²) in [7, 11) is 1.47. The van der Waals surface area contributed by atoms with Crippen molar-refractivity contribution < 1.29 is 19.7 Å². The third-order valence-electron chi connectivity index (χ3n) is 6.11. The number of nitrogens with zero attached hydrogens (tertiary/aromatic N) is 2. The predicted molar refractivity (Wildman–Crippen MR) is 128 cm³/mol. The molecule has 0 aliphatic carbocycles. The first-order valence-corrected chi connectivity index (χ1v) is 11.1. The van der Waals surface area contributed by atoms with Crippen molar-refractivity contribution in [3.05, 3.63) is 93.6 Å². The Bertz CT molecular complexity index is 1400. The van der Waals surface area contributed by atoms with E-state index in [-0.39, 0.29) is 17.4 Å². The van der Waals surface area contributed by atoms with Gasteiger partial charge in [0, 0.05) is 22.7 Å². The van der Waals surface area contributed by atoms with Gasteiger partial charge in [-0.2, -0.15) is 5.10 Å². The van der Waals surface area contributed by atoms with Gasteiger partial charge in [-0.15, -0.1) is 0 Å². The normalized spacial score (nSPS) is 15.0. The number of methoxy groups -OCH3 is 1. The lowest BCUT2D eigenvalue weighted by Crippen LogP contribution is -2.29. The topological polar surface area (TPSA) is 98.7 Å². The Kier molecular flexibility index (Phi) is 5.42. The van der Waals surface area contributed by atoms with Gasteiger partial charge < -0.3 is 19.8 Å². The number of carbonyl (C=O) groups excluding carboxylic acids is 1. The lowest BCUT2D eigenvalue weighted by molar-refractivity contribution is 0.0730. The minimum absolute atomic E-state index is 0.000726. The molecule has 3 aromatic carbocycles. The van der Waals surface area contributed by atoms with Gasteiger partial charge in [-0.3, -0.25) is 9.89 Å². The molecule has 34 heavy (non-hydrogen) atoms. The van der Waals surface area contributed by atoms with Crippen molar-refractivity contribution in [2.24, 2.45) is 0 Å². The second kappa shape index (κ2) is 8.43. The fourth-order valence-electron chi connectivity index (χ4n) is 4.41. The number of phenols is 2. The van der Waals surface area contributed by atoms with E-state index in [2.05, 4.69) is 10.2 Å². The minimum Gasteiger partial charge on any atom is -0.507 e. The van der Waals surface area contributed by atoms with E-state index < -0.39 is 6.04 Å². The van der Waals surface area contributed by atoms with Crippen molar-refractivity contribution in [1.82, 2.24) is 15.1 Å². The van der Waals surface area contributed by atoms with E-state index in [0.29, 0.717) is 39.8 Å². The summed E-state index contributed by atoms with van der Waals surface area (Å²) >= 11 is 6.36. The molecule has 3 N–H and O–H groups in total. The molecule has 0 saturated carbocycles. The number of phenolic OH excluding ortho intramolecular Hbond substituents is 2. The Balaban J connectivity index is 1.70. The average molecular weight is 476 g/mol. The summed E-state index contributed by atoms with van der Waals surface area (Å²) < 4.78 is 5.32. The molecule has 4 aromatic rings. The van der Waals surface area contributed by atoms with E-state index in [9.17, 15) is 15.0 Å². The van der Waals surface area contributed by atoms with Crippen molar-refractivity contribution in [2.75, 3.05) is 7.11 Å². The van der Waals surface area contributed by atoms with Crippen LogP contribution in [0.2, 0.25) is 5.02 Å². The van der Waals surface area contributed by atoms with Crippen molar-refractivity contribution in [2.45, 2.75) is 19.5 Å². The summed E-state index contributed by atoms with van der Waals surface area (Å²) in [6, 6.07) is 17.4. The molecule has 0 radical (unpaired) electrons. The van der Waals surface area contributed by atoms with Crippen molar-refractivity contribution >= 4 is 17.5 Å². The Hall–Kier alpha value is -3.97. The molecule has 0 bridgehead atoms. The predicted octanol–water partition coefficient (Wildman–Crippen LogP) is 5.20. The van der Waals surface area contributed by atoms with Crippen LogP contribution < -0.4 is 4.74 Å². The summed E-state index contributed by atoms with van der Waals surface area (Å²) in [6.07, 6.45) is 0. The van der Waals surface area contributed by atoms with Gasteiger partial charge >= 0.3 is 0 Å². The zero-order chi connectivity index (χ0) is 24.0. The number of ether oxygens (including phenoxy) is 1. The van der Waals surface area contributed by atoms with Gasteiger partial charge in [0.2, 0.25) is 0 Å². The second-order valence-electron chi connectivity index (χ2n) is 8.23. The lowest BCUT2D eigenvalue weighted by atomic mass is 9.94. The van der Waals surface area contributed by atoms with Gasteiger partial charge in [0.05, 0.1) is 13.2 Å². The van der Waals surface area contributed by atoms with Gasteiger partial charge in [0.25, 0.3) is 5.91 Å². The molecule has 1 unspecified atom stereocenters. The minimum atomic E-state index is -0.537. The van der Waals surface area contributed by atoms with Gasteiger partial charge in [0.15, 0.2) is 11.5 Å². The highest BCUT2D eigenvalue weighted by Crippen LogP contribution is 2.47. The van der Waals surface area contributed by atoms with Crippen LogP contribution in [-0.4, -0.2) is 38.3 Å².